The second kappa shape index (κ2) is 9.46. The van der Waals surface area contributed by atoms with Crippen LogP contribution in [0.25, 0.3) is 0 Å². The first kappa shape index (κ1) is 23.0. The van der Waals surface area contributed by atoms with E-state index in [2.05, 4.69) is 10.3 Å². The minimum absolute atomic E-state index is 0.0389. The zero-order valence-electron chi connectivity index (χ0n) is 18.3. The fourth-order valence-electron chi connectivity index (χ4n) is 4.35. The van der Waals surface area contributed by atoms with E-state index in [4.69, 9.17) is 0 Å². The molecule has 178 valence electrons. The number of nitrogens with one attached hydrogen (secondary N) is 1. The second-order valence-corrected chi connectivity index (χ2v) is 10.9. The maximum Gasteiger partial charge on any atom is 0.352 e. The zero-order chi connectivity index (χ0) is 23.8. The van der Waals surface area contributed by atoms with Crippen molar-refractivity contribution in [3.63, 3.8) is 0 Å². The lowest BCUT2D eigenvalue weighted by Crippen LogP contribution is -2.70. The summed E-state index contributed by atoms with van der Waals surface area (Å²) in [5, 5.41) is 12.1. The number of likely N-dealkylation sites (tertiary alicyclic amines) is 1. The molecule has 3 aliphatic heterocycles. The number of carbonyl (C=O) groups excluding carboxylic acids is 3. The minimum atomic E-state index is -1.20. The first-order valence-electron chi connectivity index (χ1n) is 11.2. The number of nitrogens with zero attached hydrogens (tertiary/aromatic N) is 3. The molecular weight excluding hydrogens is 476 g/mol. The molecule has 4 aliphatic rings. The second-order valence-electron chi connectivity index (χ2n) is 8.72. The molecular formula is C23H24N4O5S2. The lowest BCUT2D eigenvalue weighted by atomic mass is 10.0. The molecule has 0 bridgehead atoms. The topological polar surface area (TPSA) is 120 Å². The Morgan fingerprint density at radius 3 is 2.74 bits per heavy atom. The molecule has 2 atom stereocenters. The van der Waals surface area contributed by atoms with Crippen molar-refractivity contribution in [2.45, 2.75) is 35.6 Å². The van der Waals surface area contributed by atoms with E-state index in [0.717, 1.165) is 24.3 Å². The van der Waals surface area contributed by atoms with Crippen LogP contribution in [-0.4, -0.2) is 79.6 Å². The molecule has 34 heavy (non-hydrogen) atoms. The fraction of sp³-hybridized carbons (Fsp3) is 0.435. The van der Waals surface area contributed by atoms with Gasteiger partial charge in [0.25, 0.3) is 5.91 Å². The number of aromatic nitrogens is 1. The predicted molar refractivity (Wildman–Crippen MR) is 127 cm³/mol. The van der Waals surface area contributed by atoms with Crippen molar-refractivity contribution in [1.29, 1.82) is 0 Å². The summed E-state index contributed by atoms with van der Waals surface area (Å²) in [6.07, 6.45) is 7.84. The minimum Gasteiger partial charge on any atom is -0.477 e. The lowest BCUT2D eigenvalue weighted by Gasteiger charge is -2.49. The van der Waals surface area contributed by atoms with Gasteiger partial charge in [-0.15, -0.1) is 23.5 Å². The Labute approximate surface area is 205 Å². The van der Waals surface area contributed by atoms with Crippen LogP contribution in [0.2, 0.25) is 0 Å². The smallest absolute Gasteiger partial charge is 0.352 e. The largest absolute Gasteiger partial charge is 0.477 e. The van der Waals surface area contributed by atoms with Gasteiger partial charge in [-0.2, -0.15) is 0 Å². The summed E-state index contributed by atoms with van der Waals surface area (Å²) >= 11 is 2.74. The molecule has 2 N–H and O–H groups in total. The Morgan fingerprint density at radius 2 is 2.03 bits per heavy atom. The van der Waals surface area contributed by atoms with E-state index in [-0.39, 0.29) is 23.3 Å². The van der Waals surface area contributed by atoms with Crippen molar-refractivity contribution >= 4 is 47.2 Å². The van der Waals surface area contributed by atoms with Crippen molar-refractivity contribution in [3.8, 4) is 0 Å². The highest BCUT2D eigenvalue weighted by Crippen LogP contribution is 2.41. The van der Waals surface area contributed by atoms with Crippen LogP contribution in [-0.2, 0) is 19.2 Å². The molecule has 0 unspecified atom stereocenters. The van der Waals surface area contributed by atoms with Gasteiger partial charge in [-0.05, 0) is 49.0 Å². The number of carboxylic acids is 1. The number of amides is 3. The molecule has 3 fully saturated rings. The Hall–Kier alpha value is -2.79. The van der Waals surface area contributed by atoms with Gasteiger partial charge >= 0.3 is 5.97 Å². The number of pyridine rings is 1. The van der Waals surface area contributed by atoms with Crippen LogP contribution < -0.4 is 5.32 Å². The van der Waals surface area contributed by atoms with Gasteiger partial charge in [-0.25, -0.2) is 4.79 Å². The predicted octanol–water partition coefficient (Wildman–Crippen LogP) is 1.48. The maximum absolute atomic E-state index is 12.8. The van der Waals surface area contributed by atoms with Crippen LogP contribution in [0.3, 0.4) is 0 Å². The van der Waals surface area contributed by atoms with Crippen LogP contribution in [0.1, 0.15) is 19.3 Å². The third-order valence-electron chi connectivity index (χ3n) is 6.27. The molecule has 0 spiro atoms. The normalized spacial score (nSPS) is 25.5. The Bertz CT molecular complexity index is 1100. The molecule has 2 saturated heterocycles. The molecule has 1 aromatic rings. The van der Waals surface area contributed by atoms with E-state index < -0.39 is 23.3 Å². The number of β-lactam (4-membered cyclic amide) rings is 1. The van der Waals surface area contributed by atoms with E-state index in [1.54, 1.807) is 30.6 Å². The Morgan fingerprint density at radius 1 is 1.26 bits per heavy atom. The lowest BCUT2D eigenvalue weighted by molar-refractivity contribution is -0.150. The van der Waals surface area contributed by atoms with Gasteiger partial charge < -0.3 is 15.3 Å². The highest BCUT2D eigenvalue weighted by atomic mass is 32.2. The number of aliphatic carboxylic acids is 1. The Balaban J connectivity index is 1.25. The van der Waals surface area contributed by atoms with E-state index in [1.807, 2.05) is 4.90 Å². The average molecular weight is 501 g/mol. The first-order chi connectivity index (χ1) is 16.4. The highest BCUT2D eigenvalue weighted by molar-refractivity contribution is 8.00. The van der Waals surface area contributed by atoms with Crippen molar-refractivity contribution in [2.75, 3.05) is 24.6 Å². The number of hydrogen-bond donors (Lipinski definition) is 2. The summed E-state index contributed by atoms with van der Waals surface area (Å²) in [5.74, 6) is -0.886. The van der Waals surface area contributed by atoms with Gasteiger partial charge in [-0.1, -0.05) is 0 Å². The Kier molecular flexibility index (Phi) is 6.39. The van der Waals surface area contributed by atoms with Gasteiger partial charge in [0.15, 0.2) is 0 Å². The van der Waals surface area contributed by atoms with E-state index >= 15 is 0 Å². The molecule has 1 aliphatic carbocycles. The van der Waals surface area contributed by atoms with Gasteiger partial charge in [-0.3, -0.25) is 24.3 Å². The third kappa shape index (κ3) is 4.58. The number of hydrogen-bond acceptors (Lipinski definition) is 7. The summed E-state index contributed by atoms with van der Waals surface area (Å²) in [6, 6.07) is 2.83. The van der Waals surface area contributed by atoms with Crippen molar-refractivity contribution in [2.24, 2.45) is 5.92 Å². The highest BCUT2D eigenvalue weighted by Gasteiger charge is 2.54. The summed E-state index contributed by atoms with van der Waals surface area (Å²) in [7, 11) is 0. The summed E-state index contributed by atoms with van der Waals surface area (Å²) < 4.78 is 0. The third-order valence-corrected chi connectivity index (χ3v) is 8.59. The quantitative estimate of drug-likeness (QED) is 0.313. The van der Waals surface area contributed by atoms with E-state index in [1.165, 1.54) is 28.4 Å². The van der Waals surface area contributed by atoms with Crippen LogP contribution in [0.5, 0.6) is 0 Å². The van der Waals surface area contributed by atoms with E-state index in [9.17, 15) is 24.3 Å². The van der Waals surface area contributed by atoms with Crippen molar-refractivity contribution in [1.82, 2.24) is 20.1 Å². The van der Waals surface area contributed by atoms with Gasteiger partial charge in [0.1, 0.15) is 17.1 Å². The van der Waals surface area contributed by atoms with Crippen LogP contribution in [0.15, 0.2) is 52.3 Å². The average Bonchev–Trinajstić information content (AvgIpc) is 3.60. The molecule has 0 aromatic carbocycles. The molecule has 9 nitrogen and oxygen atoms in total. The maximum atomic E-state index is 12.8. The standard InChI is InChI=1S/C23H24N4O5S2/c28-17(12-33-16-3-6-24-7-4-16)25-18-21(30)27-19(23(31)32)15(11-34-22(18)27)9-14-5-8-26(20(14)29)10-13-1-2-13/h3-4,6-7,9,13,18,22H,1-2,5,8,10-12H2,(H,25,28)(H,31,32)/t18-,22-/m1/s1. The van der Waals surface area contributed by atoms with Crippen molar-refractivity contribution < 1.29 is 24.3 Å². The van der Waals surface area contributed by atoms with Crippen LogP contribution in [0.4, 0.5) is 0 Å². The summed E-state index contributed by atoms with van der Waals surface area (Å²) in [4.78, 5) is 57.9. The zero-order valence-corrected chi connectivity index (χ0v) is 19.9. The van der Waals surface area contributed by atoms with Gasteiger partial charge in [0.05, 0.1) is 5.75 Å². The van der Waals surface area contributed by atoms with Gasteiger partial charge in [0.2, 0.25) is 11.8 Å². The summed E-state index contributed by atoms with van der Waals surface area (Å²) in [6.45, 7) is 1.42. The van der Waals surface area contributed by atoms with Crippen molar-refractivity contribution in [3.05, 3.63) is 47.4 Å². The number of allylic oxidation sites excluding steroid dienone is 1. The molecule has 11 heteroatoms. The molecule has 1 saturated carbocycles. The summed E-state index contributed by atoms with van der Waals surface area (Å²) in [5.41, 5.74) is 0.975. The molecule has 5 rings (SSSR count). The molecule has 1 aromatic heterocycles. The van der Waals surface area contributed by atoms with Crippen LogP contribution >= 0.6 is 23.5 Å². The monoisotopic (exact) mass is 500 g/mol. The number of fused-ring (bicyclic) bond motifs is 1. The van der Waals surface area contributed by atoms with E-state index in [0.29, 0.717) is 35.8 Å². The number of rotatable bonds is 8. The number of carboxylic acid groups (broad SMARTS) is 1. The van der Waals surface area contributed by atoms with Gasteiger partial charge in [0, 0.05) is 41.7 Å². The molecule has 3 amide bonds. The fourth-order valence-corrected chi connectivity index (χ4v) is 6.35. The molecule has 4 heterocycles. The number of thioether (sulfide) groups is 2. The molecule has 0 radical (unpaired) electrons. The first-order valence-corrected chi connectivity index (χ1v) is 13.2. The number of carbonyl (C=O) groups is 4. The SMILES string of the molecule is O=C(CSc1ccncc1)N[C@@H]1C(=O)N2C(C(=O)O)=C(C=C3CCN(CC4CC4)C3=O)CS[C@H]12. The van der Waals surface area contributed by atoms with Crippen LogP contribution in [0, 0.1) is 5.92 Å².